The number of benzene rings is 1. The highest BCUT2D eigenvalue weighted by molar-refractivity contribution is 5.90. The molecule has 0 aliphatic carbocycles. The Balaban J connectivity index is 2.87. The maximum Gasteiger partial charge on any atom is 0.224 e. The molecule has 15 heavy (non-hydrogen) atoms. The molecule has 0 atom stereocenters. The van der Waals surface area contributed by atoms with Crippen LogP contribution in [0.4, 0.5) is 5.69 Å². The minimum absolute atomic E-state index is 0.0494. The standard InChI is InChI=1S/C12H17NO2/c1-4-12(15)13-9-5-6-10(8(2)3)11(14)7-9/h5-8,14H,4H2,1-3H3,(H,13,15). The van der Waals surface area contributed by atoms with Gasteiger partial charge in [-0.25, -0.2) is 0 Å². The van der Waals surface area contributed by atoms with Gasteiger partial charge in [0.2, 0.25) is 5.91 Å². The SMILES string of the molecule is CCC(=O)Nc1ccc(C(C)C)c(O)c1. The van der Waals surface area contributed by atoms with E-state index in [0.29, 0.717) is 12.1 Å². The summed E-state index contributed by atoms with van der Waals surface area (Å²) < 4.78 is 0. The van der Waals surface area contributed by atoms with Gasteiger partial charge < -0.3 is 10.4 Å². The zero-order chi connectivity index (χ0) is 11.4. The molecule has 0 spiro atoms. The molecule has 0 fully saturated rings. The molecule has 1 amide bonds. The fourth-order valence-electron chi connectivity index (χ4n) is 1.36. The van der Waals surface area contributed by atoms with Crippen LogP contribution in [0.5, 0.6) is 5.75 Å². The molecule has 0 heterocycles. The van der Waals surface area contributed by atoms with E-state index in [1.807, 2.05) is 26.0 Å². The van der Waals surface area contributed by atoms with Gasteiger partial charge in [0.25, 0.3) is 0 Å². The van der Waals surface area contributed by atoms with Crippen LogP contribution in [0, 0.1) is 0 Å². The van der Waals surface area contributed by atoms with E-state index in [2.05, 4.69) is 5.32 Å². The molecule has 0 aromatic heterocycles. The average Bonchev–Trinajstić information content (AvgIpc) is 2.17. The Morgan fingerprint density at radius 2 is 2.13 bits per heavy atom. The van der Waals surface area contributed by atoms with Crippen molar-refractivity contribution in [1.82, 2.24) is 0 Å². The molecule has 0 saturated heterocycles. The zero-order valence-electron chi connectivity index (χ0n) is 9.37. The van der Waals surface area contributed by atoms with Crippen molar-refractivity contribution in [2.75, 3.05) is 5.32 Å². The topological polar surface area (TPSA) is 49.3 Å². The van der Waals surface area contributed by atoms with Gasteiger partial charge in [-0.2, -0.15) is 0 Å². The van der Waals surface area contributed by atoms with Crippen molar-refractivity contribution in [1.29, 1.82) is 0 Å². The number of phenols is 1. The molecule has 0 unspecified atom stereocenters. The summed E-state index contributed by atoms with van der Waals surface area (Å²) in [5.74, 6) is 0.464. The molecule has 1 rings (SSSR count). The van der Waals surface area contributed by atoms with Crippen LogP contribution < -0.4 is 5.32 Å². The summed E-state index contributed by atoms with van der Waals surface area (Å²) in [7, 11) is 0. The lowest BCUT2D eigenvalue weighted by Crippen LogP contribution is -2.09. The molecule has 0 bridgehead atoms. The Morgan fingerprint density at radius 1 is 1.47 bits per heavy atom. The van der Waals surface area contributed by atoms with Crippen molar-refractivity contribution >= 4 is 11.6 Å². The van der Waals surface area contributed by atoms with E-state index in [0.717, 1.165) is 5.56 Å². The van der Waals surface area contributed by atoms with Gasteiger partial charge in [-0.15, -0.1) is 0 Å². The van der Waals surface area contributed by atoms with E-state index in [-0.39, 0.29) is 17.6 Å². The van der Waals surface area contributed by atoms with Crippen LogP contribution in [-0.2, 0) is 4.79 Å². The number of nitrogens with one attached hydrogen (secondary N) is 1. The highest BCUT2D eigenvalue weighted by Gasteiger charge is 2.07. The Morgan fingerprint density at radius 3 is 2.60 bits per heavy atom. The second-order valence-electron chi connectivity index (χ2n) is 3.83. The van der Waals surface area contributed by atoms with E-state index in [4.69, 9.17) is 0 Å². The number of carbonyl (C=O) groups excluding carboxylic acids is 1. The summed E-state index contributed by atoms with van der Waals surface area (Å²) in [5.41, 5.74) is 1.54. The van der Waals surface area contributed by atoms with E-state index in [1.165, 1.54) is 0 Å². The smallest absolute Gasteiger partial charge is 0.224 e. The van der Waals surface area contributed by atoms with Crippen LogP contribution in [0.15, 0.2) is 18.2 Å². The van der Waals surface area contributed by atoms with Gasteiger partial charge in [-0.1, -0.05) is 26.8 Å². The van der Waals surface area contributed by atoms with Gasteiger partial charge >= 0.3 is 0 Å². The zero-order valence-corrected chi connectivity index (χ0v) is 9.37. The molecule has 3 heteroatoms. The molecule has 1 aromatic rings. The number of phenolic OH excluding ortho intramolecular Hbond substituents is 1. The van der Waals surface area contributed by atoms with Crippen LogP contribution >= 0.6 is 0 Å². The van der Waals surface area contributed by atoms with Crippen molar-refractivity contribution in [3.63, 3.8) is 0 Å². The Labute approximate surface area is 90.1 Å². The third-order valence-electron chi connectivity index (χ3n) is 2.26. The largest absolute Gasteiger partial charge is 0.508 e. The first-order valence-electron chi connectivity index (χ1n) is 5.17. The highest BCUT2D eigenvalue weighted by atomic mass is 16.3. The van der Waals surface area contributed by atoms with Crippen molar-refractivity contribution in [2.24, 2.45) is 0 Å². The molecule has 2 N–H and O–H groups in total. The van der Waals surface area contributed by atoms with Gasteiger partial charge in [0.05, 0.1) is 0 Å². The van der Waals surface area contributed by atoms with E-state index >= 15 is 0 Å². The monoisotopic (exact) mass is 207 g/mol. The molecule has 0 aliphatic rings. The molecule has 0 saturated carbocycles. The number of amides is 1. The molecule has 0 aliphatic heterocycles. The Bertz CT molecular complexity index is 359. The van der Waals surface area contributed by atoms with Crippen molar-refractivity contribution < 1.29 is 9.90 Å². The van der Waals surface area contributed by atoms with E-state index in [9.17, 15) is 9.90 Å². The van der Waals surface area contributed by atoms with Crippen LogP contribution in [0.3, 0.4) is 0 Å². The van der Waals surface area contributed by atoms with Gasteiger partial charge in [-0.3, -0.25) is 4.79 Å². The van der Waals surface area contributed by atoms with Crippen molar-refractivity contribution in [2.45, 2.75) is 33.1 Å². The lowest BCUT2D eigenvalue weighted by atomic mass is 10.0. The Kier molecular flexibility index (Phi) is 3.72. The second kappa shape index (κ2) is 4.82. The minimum atomic E-state index is -0.0494. The lowest BCUT2D eigenvalue weighted by molar-refractivity contribution is -0.115. The summed E-state index contributed by atoms with van der Waals surface area (Å²) in [5, 5.41) is 12.4. The van der Waals surface area contributed by atoms with Crippen LogP contribution in [0.2, 0.25) is 0 Å². The maximum atomic E-state index is 11.1. The molecular formula is C12H17NO2. The van der Waals surface area contributed by atoms with Crippen LogP contribution in [-0.4, -0.2) is 11.0 Å². The fraction of sp³-hybridized carbons (Fsp3) is 0.417. The van der Waals surface area contributed by atoms with Gasteiger partial charge in [-0.05, 0) is 17.5 Å². The van der Waals surface area contributed by atoms with Crippen LogP contribution in [0.1, 0.15) is 38.7 Å². The van der Waals surface area contributed by atoms with Gasteiger partial charge in [0.15, 0.2) is 0 Å². The van der Waals surface area contributed by atoms with Crippen molar-refractivity contribution in [3.8, 4) is 5.75 Å². The molecular weight excluding hydrogens is 190 g/mol. The average molecular weight is 207 g/mol. The van der Waals surface area contributed by atoms with Crippen molar-refractivity contribution in [3.05, 3.63) is 23.8 Å². The number of carbonyl (C=O) groups is 1. The third-order valence-corrected chi connectivity index (χ3v) is 2.26. The number of aromatic hydroxyl groups is 1. The summed E-state index contributed by atoms with van der Waals surface area (Å²) in [6.07, 6.45) is 0.437. The van der Waals surface area contributed by atoms with Gasteiger partial charge in [0, 0.05) is 18.2 Å². The number of anilines is 1. The summed E-state index contributed by atoms with van der Waals surface area (Å²) in [6, 6.07) is 5.23. The lowest BCUT2D eigenvalue weighted by Gasteiger charge is -2.10. The predicted molar refractivity (Wildman–Crippen MR) is 61.1 cm³/mol. The van der Waals surface area contributed by atoms with Crippen LogP contribution in [0.25, 0.3) is 0 Å². The first-order valence-corrected chi connectivity index (χ1v) is 5.17. The first-order chi connectivity index (χ1) is 7.04. The normalized spacial score (nSPS) is 10.4. The fourth-order valence-corrected chi connectivity index (χ4v) is 1.36. The number of hydrogen-bond donors (Lipinski definition) is 2. The maximum absolute atomic E-state index is 11.1. The Hall–Kier alpha value is -1.51. The molecule has 82 valence electrons. The predicted octanol–water partition coefficient (Wildman–Crippen LogP) is 2.86. The summed E-state index contributed by atoms with van der Waals surface area (Å²) in [4.78, 5) is 11.1. The first kappa shape index (κ1) is 11.6. The van der Waals surface area contributed by atoms with E-state index in [1.54, 1.807) is 13.0 Å². The third kappa shape index (κ3) is 2.98. The molecule has 1 aromatic carbocycles. The number of hydrogen-bond acceptors (Lipinski definition) is 2. The molecule has 0 radical (unpaired) electrons. The summed E-state index contributed by atoms with van der Waals surface area (Å²) >= 11 is 0. The second-order valence-corrected chi connectivity index (χ2v) is 3.83. The number of rotatable bonds is 3. The van der Waals surface area contributed by atoms with Gasteiger partial charge in [0.1, 0.15) is 5.75 Å². The quantitative estimate of drug-likeness (QED) is 0.800. The highest BCUT2D eigenvalue weighted by Crippen LogP contribution is 2.28. The van der Waals surface area contributed by atoms with E-state index < -0.39 is 0 Å². The molecule has 3 nitrogen and oxygen atoms in total. The minimum Gasteiger partial charge on any atom is -0.508 e. The summed E-state index contributed by atoms with van der Waals surface area (Å²) in [6.45, 7) is 5.82.